The lowest BCUT2D eigenvalue weighted by atomic mass is 9.74. The number of rotatable bonds is 5. The van der Waals surface area contributed by atoms with E-state index in [0.29, 0.717) is 5.56 Å². The molecule has 1 unspecified atom stereocenters. The van der Waals surface area contributed by atoms with Gasteiger partial charge >= 0.3 is 0 Å². The lowest BCUT2D eigenvalue weighted by Gasteiger charge is -2.40. The molecule has 0 saturated heterocycles. The average Bonchev–Trinajstić information content (AvgIpc) is 2.37. The van der Waals surface area contributed by atoms with Crippen molar-refractivity contribution in [2.24, 2.45) is 0 Å². The molecule has 0 amide bonds. The summed E-state index contributed by atoms with van der Waals surface area (Å²) in [5.74, 6) is -1.70. The van der Waals surface area contributed by atoms with Crippen LogP contribution >= 0.6 is 11.6 Å². The maximum absolute atomic E-state index is 13.0. The first-order valence-corrected chi connectivity index (χ1v) is 6.81. The van der Waals surface area contributed by atoms with Gasteiger partial charge in [-0.05, 0) is 37.0 Å². The van der Waals surface area contributed by atoms with Gasteiger partial charge in [-0.3, -0.25) is 4.79 Å². The quantitative estimate of drug-likeness (QED) is 0.833. The summed E-state index contributed by atoms with van der Waals surface area (Å²) in [6.07, 6.45) is 2.86. The van der Waals surface area contributed by atoms with E-state index in [-0.39, 0.29) is 17.2 Å². The molecule has 1 aromatic rings. The van der Waals surface area contributed by atoms with Crippen molar-refractivity contribution in [2.45, 2.75) is 37.2 Å². The molecule has 0 aromatic heterocycles. The third kappa shape index (κ3) is 2.84. The number of hydrogen-bond donors (Lipinski definition) is 0. The molecular weight excluding hydrogens is 281 g/mol. The largest absolute Gasteiger partial charge is 0.378 e. The second-order valence-electron chi connectivity index (χ2n) is 5.11. The first-order valence-electron chi connectivity index (χ1n) is 6.44. The highest BCUT2D eigenvalue weighted by Crippen LogP contribution is 2.40. The minimum atomic E-state index is -0.976. The molecule has 1 aliphatic rings. The van der Waals surface area contributed by atoms with Gasteiger partial charge in [0.25, 0.3) is 0 Å². The zero-order chi connectivity index (χ0) is 14.8. The second-order valence-corrected chi connectivity index (χ2v) is 5.52. The highest BCUT2D eigenvalue weighted by Gasteiger charge is 2.40. The van der Waals surface area contributed by atoms with Crippen LogP contribution in [0.5, 0.6) is 0 Å². The van der Waals surface area contributed by atoms with Crippen molar-refractivity contribution < 1.29 is 13.9 Å². The highest BCUT2D eigenvalue weighted by atomic mass is 35.5. The summed E-state index contributed by atoms with van der Waals surface area (Å²) in [6.45, 7) is 0. The summed E-state index contributed by atoms with van der Waals surface area (Å²) >= 11 is 5.93. The van der Waals surface area contributed by atoms with Crippen molar-refractivity contribution in [1.29, 1.82) is 5.26 Å². The van der Waals surface area contributed by atoms with Crippen LogP contribution in [-0.2, 0) is 9.53 Å². The average molecular weight is 296 g/mol. The van der Waals surface area contributed by atoms with E-state index in [1.54, 1.807) is 7.11 Å². The molecule has 0 bridgehead atoms. The summed E-state index contributed by atoms with van der Waals surface area (Å²) in [6, 6.07) is 5.67. The lowest BCUT2D eigenvalue weighted by molar-refractivity contribution is -0.132. The Kier molecular flexibility index (Phi) is 4.42. The number of ketones is 1. The van der Waals surface area contributed by atoms with Crippen molar-refractivity contribution in [3.63, 3.8) is 0 Å². The van der Waals surface area contributed by atoms with Crippen LogP contribution < -0.4 is 0 Å². The maximum atomic E-state index is 13.0. The van der Waals surface area contributed by atoms with Gasteiger partial charge in [0.1, 0.15) is 11.7 Å². The number of ether oxygens (including phenoxy) is 1. The fourth-order valence-electron chi connectivity index (χ4n) is 2.49. The molecule has 0 aliphatic heterocycles. The molecule has 1 aliphatic carbocycles. The zero-order valence-electron chi connectivity index (χ0n) is 11.2. The zero-order valence-corrected chi connectivity index (χ0v) is 11.9. The van der Waals surface area contributed by atoms with E-state index in [1.165, 1.54) is 12.1 Å². The predicted molar refractivity (Wildman–Crippen MR) is 73.0 cm³/mol. The fourth-order valence-corrected chi connectivity index (χ4v) is 2.77. The van der Waals surface area contributed by atoms with Gasteiger partial charge in [-0.1, -0.05) is 17.7 Å². The van der Waals surface area contributed by atoms with E-state index >= 15 is 0 Å². The first kappa shape index (κ1) is 15.0. The Bertz CT molecular complexity index is 558. The Morgan fingerprint density at radius 1 is 1.60 bits per heavy atom. The van der Waals surface area contributed by atoms with Crippen LogP contribution in [0, 0.1) is 17.1 Å². The predicted octanol–water partition coefficient (Wildman–Crippen LogP) is 3.61. The van der Waals surface area contributed by atoms with E-state index < -0.39 is 17.3 Å². The van der Waals surface area contributed by atoms with Gasteiger partial charge in [-0.2, -0.15) is 5.26 Å². The Labute approximate surface area is 122 Å². The van der Waals surface area contributed by atoms with Crippen LogP contribution in [-0.4, -0.2) is 18.5 Å². The van der Waals surface area contributed by atoms with Crippen molar-refractivity contribution in [3.05, 3.63) is 34.6 Å². The standard InChI is InChI=1S/C15H15ClFNO2/c1-20-15(5-2-6-15)8-14(19)12(9-18)11-4-3-10(17)7-13(11)16/h3-4,7,12H,2,5-6,8H2,1H3. The molecule has 0 N–H and O–H groups in total. The van der Waals surface area contributed by atoms with Crippen LogP contribution in [0.3, 0.4) is 0 Å². The number of nitriles is 1. The van der Waals surface area contributed by atoms with Crippen LogP contribution in [0.1, 0.15) is 37.2 Å². The second kappa shape index (κ2) is 5.90. The molecular formula is C15H15ClFNO2. The molecule has 2 rings (SSSR count). The van der Waals surface area contributed by atoms with E-state index in [0.717, 1.165) is 25.3 Å². The SMILES string of the molecule is COC1(CC(=O)C(C#N)c2ccc(F)cc2Cl)CCC1. The Morgan fingerprint density at radius 3 is 2.75 bits per heavy atom. The van der Waals surface area contributed by atoms with Crippen LogP contribution in [0.25, 0.3) is 0 Å². The summed E-state index contributed by atoms with van der Waals surface area (Å²) in [4.78, 5) is 12.3. The van der Waals surface area contributed by atoms with E-state index in [4.69, 9.17) is 16.3 Å². The number of methoxy groups -OCH3 is 1. The molecule has 0 spiro atoms. The Hall–Kier alpha value is -1.44. The summed E-state index contributed by atoms with van der Waals surface area (Å²) < 4.78 is 18.4. The first-order chi connectivity index (χ1) is 9.51. The number of nitrogens with zero attached hydrogens (tertiary/aromatic N) is 1. The van der Waals surface area contributed by atoms with Crippen molar-refractivity contribution >= 4 is 17.4 Å². The van der Waals surface area contributed by atoms with Crippen LogP contribution in [0.2, 0.25) is 5.02 Å². The van der Waals surface area contributed by atoms with Crippen molar-refractivity contribution in [3.8, 4) is 6.07 Å². The van der Waals surface area contributed by atoms with Crippen molar-refractivity contribution in [1.82, 2.24) is 0 Å². The van der Waals surface area contributed by atoms with Gasteiger partial charge in [-0.15, -0.1) is 0 Å². The lowest BCUT2D eigenvalue weighted by Crippen LogP contribution is -2.42. The van der Waals surface area contributed by atoms with Gasteiger partial charge in [0.2, 0.25) is 0 Å². The molecule has 0 radical (unpaired) electrons. The molecule has 1 saturated carbocycles. The van der Waals surface area contributed by atoms with Gasteiger partial charge in [-0.25, -0.2) is 4.39 Å². The van der Waals surface area contributed by atoms with Gasteiger partial charge in [0.05, 0.1) is 11.7 Å². The van der Waals surface area contributed by atoms with E-state index in [2.05, 4.69) is 0 Å². The van der Waals surface area contributed by atoms with Crippen LogP contribution in [0.4, 0.5) is 4.39 Å². The molecule has 1 atom stereocenters. The van der Waals surface area contributed by atoms with E-state index in [9.17, 15) is 14.4 Å². The molecule has 1 fully saturated rings. The third-order valence-corrected chi connectivity index (χ3v) is 4.25. The molecule has 0 heterocycles. The Balaban J connectivity index is 2.20. The third-order valence-electron chi connectivity index (χ3n) is 3.92. The van der Waals surface area contributed by atoms with Gasteiger partial charge in [0.15, 0.2) is 5.78 Å². The summed E-state index contributed by atoms with van der Waals surface area (Å²) in [5.41, 5.74) is -0.0789. The number of hydrogen-bond acceptors (Lipinski definition) is 3. The number of carbonyl (C=O) groups excluding carboxylic acids is 1. The fraction of sp³-hybridized carbons (Fsp3) is 0.467. The molecule has 106 valence electrons. The number of carbonyl (C=O) groups is 1. The van der Waals surface area contributed by atoms with Crippen LogP contribution in [0.15, 0.2) is 18.2 Å². The highest BCUT2D eigenvalue weighted by molar-refractivity contribution is 6.31. The molecule has 3 nitrogen and oxygen atoms in total. The Morgan fingerprint density at radius 2 is 2.30 bits per heavy atom. The smallest absolute Gasteiger partial charge is 0.157 e. The summed E-state index contributed by atoms with van der Waals surface area (Å²) in [7, 11) is 1.58. The van der Waals surface area contributed by atoms with Gasteiger partial charge < -0.3 is 4.74 Å². The number of benzene rings is 1. The maximum Gasteiger partial charge on any atom is 0.157 e. The number of Topliss-reactive ketones (excluding diaryl/α,β-unsaturated/α-hetero) is 1. The van der Waals surface area contributed by atoms with Crippen molar-refractivity contribution in [2.75, 3.05) is 7.11 Å². The molecule has 5 heteroatoms. The van der Waals surface area contributed by atoms with Gasteiger partial charge in [0, 0.05) is 18.6 Å². The van der Waals surface area contributed by atoms with E-state index in [1.807, 2.05) is 6.07 Å². The minimum Gasteiger partial charge on any atom is -0.378 e. The number of halogens is 2. The minimum absolute atomic E-state index is 0.102. The molecule has 1 aromatic carbocycles. The topological polar surface area (TPSA) is 50.1 Å². The normalized spacial score (nSPS) is 17.9. The monoisotopic (exact) mass is 295 g/mol. The summed E-state index contributed by atoms with van der Waals surface area (Å²) in [5, 5.41) is 9.34. The molecule has 20 heavy (non-hydrogen) atoms.